The van der Waals surface area contributed by atoms with Crippen LogP contribution in [0.2, 0.25) is 0 Å². The molecule has 3 heteroatoms. The van der Waals surface area contributed by atoms with Gasteiger partial charge in [0.1, 0.15) is 0 Å². The lowest BCUT2D eigenvalue weighted by Crippen LogP contribution is -2.35. The summed E-state index contributed by atoms with van der Waals surface area (Å²) in [7, 11) is 2.21. The minimum atomic E-state index is 0.154. The van der Waals surface area contributed by atoms with Crippen molar-refractivity contribution in [3.63, 3.8) is 0 Å². The highest BCUT2D eigenvalue weighted by Crippen LogP contribution is 2.21. The summed E-state index contributed by atoms with van der Waals surface area (Å²) in [6, 6.07) is 7.35. The lowest BCUT2D eigenvalue weighted by Gasteiger charge is -2.25. The largest absolute Gasteiger partial charge is 0.308 e. The van der Waals surface area contributed by atoms with E-state index in [4.69, 9.17) is 0 Å². The summed E-state index contributed by atoms with van der Waals surface area (Å²) in [5, 5.41) is 3.53. The van der Waals surface area contributed by atoms with Gasteiger partial charge in [-0.15, -0.1) is 0 Å². The van der Waals surface area contributed by atoms with Crippen LogP contribution in [0.4, 0.5) is 0 Å². The summed E-state index contributed by atoms with van der Waals surface area (Å²) < 4.78 is 1.21. The highest BCUT2D eigenvalue weighted by atomic mass is 79.9. The lowest BCUT2D eigenvalue weighted by atomic mass is 10.1. The number of hydrogen-bond donors (Lipinski definition) is 1. The predicted molar refractivity (Wildman–Crippen MR) is 96.6 cm³/mol. The Balaban J connectivity index is 2.66. The molecule has 2 nitrogen and oxygen atoms in total. The minimum absolute atomic E-state index is 0.154. The van der Waals surface area contributed by atoms with Gasteiger partial charge in [0.15, 0.2) is 0 Å². The lowest BCUT2D eigenvalue weighted by molar-refractivity contribution is 0.236. The maximum absolute atomic E-state index is 3.73. The minimum Gasteiger partial charge on any atom is -0.308 e. The standard InChI is InChI=1S/C18H31BrN2/c1-7-8-14(2)21(6)13-16-10-9-15(11-17(16)19)12-20-18(3,4)5/h9-11,14,20H,7-8,12-13H2,1-6H3. The molecule has 1 aromatic carbocycles. The second-order valence-corrected chi connectivity index (χ2v) is 7.94. The van der Waals surface area contributed by atoms with E-state index in [0.29, 0.717) is 6.04 Å². The molecule has 0 radical (unpaired) electrons. The number of hydrogen-bond acceptors (Lipinski definition) is 2. The third-order valence-electron chi connectivity index (χ3n) is 3.82. The van der Waals surface area contributed by atoms with Crippen LogP contribution in [0.5, 0.6) is 0 Å². The van der Waals surface area contributed by atoms with Crippen molar-refractivity contribution in [2.45, 2.75) is 72.1 Å². The van der Waals surface area contributed by atoms with Crippen LogP contribution in [0.15, 0.2) is 22.7 Å². The maximum Gasteiger partial charge on any atom is 0.0244 e. The van der Waals surface area contributed by atoms with Gasteiger partial charge in [-0.2, -0.15) is 0 Å². The van der Waals surface area contributed by atoms with Crippen molar-refractivity contribution in [3.05, 3.63) is 33.8 Å². The molecular weight excluding hydrogens is 324 g/mol. The van der Waals surface area contributed by atoms with Gasteiger partial charge in [-0.1, -0.05) is 41.4 Å². The zero-order valence-electron chi connectivity index (χ0n) is 14.5. The molecule has 0 aliphatic carbocycles. The molecule has 1 aromatic rings. The van der Waals surface area contributed by atoms with Crippen LogP contribution < -0.4 is 5.32 Å². The van der Waals surface area contributed by atoms with Crippen LogP contribution in [-0.2, 0) is 13.1 Å². The molecule has 1 unspecified atom stereocenters. The Morgan fingerprint density at radius 2 is 1.95 bits per heavy atom. The predicted octanol–water partition coefficient (Wildman–Crippen LogP) is 4.96. The highest BCUT2D eigenvalue weighted by molar-refractivity contribution is 9.10. The highest BCUT2D eigenvalue weighted by Gasteiger charge is 2.12. The third-order valence-corrected chi connectivity index (χ3v) is 4.56. The van der Waals surface area contributed by atoms with Gasteiger partial charge in [-0.05, 0) is 58.4 Å². The zero-order valence-corrected chi connectivity index (χ0v) is 16.0. The van der Waals surface area contributed by atoms with Gasteiger partial charge < -0.3 is 5.32 Å². The van der Waals surface area contributed by atoms with Crippen molar-refractivity contribution in [1.29, 1.82) is 0 Å². The van der Waals surface area contributed by atoms with Gasteiger partial charge in [0.25, 0.3) is 0 Å². The molecule has 0 spiro atoms. The van der Waals surface area contributed by atoms with Crippen LogP contribution in [0, 0.1) is 0 Å². The fourth-order valence-corrected chi connectivity index (χ4v) is 2.81. The van der Waals surface area contributed by atoms with Gasteiger partial charge >= 0.3 is 0 Å². The van der Waals surface area contributed by atoms with Crippen molar-refractivity contribution in [3.8, 4) is 0 Å². The molecule has 1 rings (SSSR count). The van der Waals surface area contributed by atoms with E-state index in [1.165, 1.54) is 28.4 Å². The summed E-state index contributed by atoms with van der Waals surface area (Å²) in [6.07, 6.45) is 2.49. The molecule has 0 saturated carbocycles. The van der Waals surface area contributed by atoms with Crippen LogP contribution in [-0.4, -0.2) is 23.5 Å². The molecule has 0 aliphatic heterocycles. The van der Waals surface area contributed by atoms with Crippen molar-refractivity contribution >= 4 is 15.9 Å². The molecule has 0 saturated heterocycles. The smallest absolute Gasteiger partial charge is 0.0244 e. The van der Waals surface area contributed by atoms with Crippen molar-refractivity contribution < 1.29 is 0 Å². The van der Waals surface area contributed by atoms with Gasteiger partial charge in [0.05, 0.1) is 0 Å². The molecule has 120 valence electrons. The Bertz CT molecular complexity index is 437. The number of nitrogens with zero attached hydrogens (tertiary/aromatic N) is 1. The first-order chi connectivity index (χ1) is 9.73. The first kappa shape index (κ1) is 18.7. The monoisotopic (exact) mass is 354 g/mol. The summed E-state index contributed by atoms with van der Waals surface area (Å²) in [4.78, 5) is 2.43. The topological polar surface area (TPSA) is 15.3 Å². The van der Waals surface area contributed by atoms with Crippen LogP contribution in [0.3, 0.4) is 0 Å². The summed E-state index contributed by atoms with van der Waals surface area (Å²) >= 11 is 3.73. The third kappa shape index (κ3) is 6.94. The summed E-state index contributed by atoms with van der Waals surface area (Å²) in [6.45, 7) is 13.0. The zero-order chi connectivity index (χ0) is 16.0. The van der Waals surface area contributed by atoms with Crippen LogP contribution in [0.1, 0.15) is 58.6 Å². The SMILES string of the molecule is CCCC(C)N(C)Cc1ccc(CNC(C)(C)C)cc1Br. The van der Waals surface area contributed by atoms with Crippen molar-refractivity contribution in [1.82, 2.24) is 10.2 Å². The van der Waals surface area contributed by atoms with Crippen molar-refractivity contribution in [2.75, 3.05) is 7.05 Å². The van der Waals surface area contributed by atoms with E-state index in [0.717, 1.165) is 13.1 Å². The molecule has 1 atom stereocenters. The second kappa shape index (κ2) is 8.30. The van der Waals surface area contributed by atoms with E-state index in [2.05, 4.69) is 86.0 Å². The normalized spacial score (nSPS) is 13.7. The molecule has 21 heavy (non-hydrogen) atoms. The first-order valence-corrected chi connectivity index (χ1v) is 8.75. The van der Waals surface area contributed by atoms with E-state index in [1.54, 1.807) is 0 Å². The van der Waals surface area contributed by atoms with E-state index in [-0.39, 0.29) is 5.54 Å². The maximum atomic E-state index is 3.73. The van der Waals surface area contributed by atoms with Gasteiger partial charge in [-0.3, -0.25) is 4.90 Å². The Hall–Kier alpha value is -0.380. The van der Waals surface area contributed by atoms with Gasteiger partial charge in [-0.25, -0.2) is 0 Å². The van der Waals surface area contributed by atoms with Crippen LogP contribution in [0.25, 0.3) is 0 Å². The van der Waals surface area contributed by atoms with Crippen LogP contribution >= 0.6 is 15.9 Å². The van der Waals surface area contributed by atoms with Crippen molar-refractivity contribution in [2.24, 2.45) is 0 Å². The first-order valence-electron chi connectivity index (χ1n) is 7.95. The van der Waals surface area contributed by atoms with E-state index >= 15 is 0 Å². The Morgan fingerprint density at radius 1 is 1.29 bits per heavy atom. The number of benzene rings is 1. The quantitative estimate of drug-likeness (QED) is 0.744. The second-order valence-electron chi connectivity index (χ2n) is 7.08. The average Bonchev–Trinajstić information content (AvgIpc) is 2.38. The molecule has 0 amide bonds. The number of nitrogens with one attached hydrogen (secondary N) is 1. The Morgan fingerprint density at radius 3 is 2.48 bits per heavy atom. The molecule has 0 bridgehead atoms. The van der Waals surface area contributed by atoms with Gasteiger partial charge in [0.2, 0.25) is 0 Å². The summed E-state index contributed by atoms with van der Waals surface area (Å²) in [5.74, 6) is 0. The fraction of sp³-hybridized carbons (Fsp3) is 0.667. The molecular formula is C18H31BrN2. The number of rotatable bonds is 7. The summed E-state index contributed by atoms with van der Waals surface area (Å²) in [5.41, 5.74) is 2.84. The molecule has 0 aromatic heterocycles. The fourth-order valence-electron chi connectivity index (χ4n) is 2.26. The molecule has 1 N–H and O–H groups in total. The molecule has 0 aliphatic rings. The van der Waals surface area contributed by atoms with Gasteiger partial charge in [0, 0.05) is 29.1 Å². The Kier molecular flexibility index (Phi) is 7.38. The van der Waals surface area contributed by atoms with E-state index in [9.17, 15) is 0 Å². The molecule has 0 heterocycles. The Labute approximate surface area is 139 Å². The van der Waals surface area contributed by atoms with E-state index in [1.807, 2.05) is 0 Å². The number of halogens is 1. The molecule has 0 fully saturated rings. The average molecular weight is 355 g/mol. The van der Waals surface area contributed by atoms with E-state index < -0.39 is 0 Å².